The Morgan fingerprint density at radius 3 is 2.56 bits per heavy atom. The van der Waals surface area contributed by atoms with E-state index in [2.05, 4.69) is 27.1 Å². The van der Waals surface area contributed by atoms with Gasteiger partial charge in [-0.3, -0.25) is 0 Å². The lowest BCUT2D eigenvalue weighted by Crippen LogP contribution is -2.31. The minimum Gasteiger partial charge on any atom is -0.355 e. The van der Waals surface area contributed by atoms with Crippen molar-refractivity contribution >= 4 is 17.4 Å². The molecule has 16 heavy (non-hydrogen) atoms. The number of rotatable bonds is 2. The highest BCUT2D eigenvalue weighted by Gasteiger charge is 2.18. The first kappa shape index (κ1) is 11.6. The summed E-state index contributed by atoms with van der Waals surface area (Å²) in [5, 5.41) is 7.72. The van der Waals surface area contributed by atoms with Crippen molar-refractivity contribution in [3.63, 3.8) is 0 Å². The average molecular weight is 241 g/mol. The average Bonchev–Trinajstić information content (AvgIpc) is 2.56. The second-order valence-electron chi connectivity index (χ2n) is 4.34. The number of nitrogens with zero attached hydrogens (tertiary/aromatic N) is 4. The molecule has 1 aliphatic rings. The summed E-state index contributed by atoms with van der Waals surface area (Å²) >= 11 is 5.75. The van der Waals surface area contributed by atoms with E-state index in [9.17, 15) is 0 Å². The summed E-state index contributed by atoms with van der Waals surface area (Å²) < 4.78 is 0. The molecule has 1 saturated carbocycles. The van der Waals surface area contributed by atoms with E-state index in [-0.39, 0.29) is 5.28 Å². The predicted molar refractivity (Wildman–Crippen MR) is 64.7 cm³/mol. The summed E-state index contributed by atoms with van der Waals surface area (Å²) in [7, 11) is 2.07. The minimum atomic E-state index is 0.220. The lowest BCUT2D eigenvalue weighted by molar-refractivity contribution is 0.548. The molecule has 5 heteroatoms. The van der Waals surface area contributed by atoms with Crippen LogP contribution < -0.4 is 4.90 Å². The first-order valence-electron chi connectivity index (χ1n) is 5.85. The van der Waals surface area contributed by atoms with Crippen LogP contribution in [0.5, 0.6) is 0 Å². The zero-order chi connectivity index (χ0) is 11.4. The van der Waals surface area contributed by atoms with Gasteiger partial charge in [0.1, 0.15) is 0 Å². The normalized spacial score (nSPS) is 18.1. The maximum atomic E-state index is 5.75. The molecule has 1 aliphatic carbocycles. The molecule has 0 saturated heterocycles. The molecular weight excluding hydrogens is 224 g/mol. The second kappa shape index (κ2) is 5.43. The molecule has 4 nitrogen and oxygen atoms in total. The van der Waals surface area contributed by atoms with E-state index in [0.717, 1.165) is 5.82 Å². The summed E-state index contributed by atoms with van der Waals surface area (Å²) in [6.07, 6.45) is 9.47. The van der Waals surface area contributed by atoms with E-state index in [1.165, 1.54) is 38.5 Å². The Morgan fingerprint density at radius 1 is 1.25 bits per heavy atom. The molecule has 0 spiro atoms. The SMILES string of the molecule is CN(c1cnnc(Cl)n1)C1CCCCCC1. The van der Waals surface area contributed by atoms with E-state index in [0.29, 0.717) is 6.04 Å². The van der Waals surface area contributed by atoms with Gasteiger partial charge in [0.25, 0.3) is 0 Å². The number of halogens is 1. The van der Waals surface area contributed by atoms with Crippen molar-refractivity contribution in [2.45, 2.75) is 44.6 Å². The maximum Gasteiger partial charge on any atom is 0.244 e. The quantitative estimate of drug-likeness (QED) is 0.746. The fourth-order valence-corrected chi connectivity index (χ4v) is 2.41. The van der Waals surface area contributed by atoms with Gasteiger partial charge in [0.2, 0.25) is 5.28 Å². The molecule has 0 atom stereocenters. The molecule has 1 fully saturated rings. The third kappa shape index (κ3) is 2.82. The number of hydrogen-bond acceptors (Lipinski definition) is 4. The largest absolute Gasteiger partial charge is 0.355 e. The van der Waals surface area contributed by atoms with Gasteiger partial charge >= 0.3 is 0 Å². The van der Waals surface area contributed by atoms with E-state index in [4.69, 9.17) is 11.6 Å². The molecule has 88 valence electrons. The zero-order valence-corrected chi connectivity index (χ0v) is 10.3. The predicted octanol–water partition coefficient (Wildman–Crippen LogP) is 2.68. The van der Waals surface area contributed by atoms with Gasteiger partial charge in [-0.05, 0) is 24.4 Å². The van der Waals surface area contributed by atoms with Crippen molar-refractivity contribution in [2.75, 3.05) is 11.9 Å². The standard InChI is InChI=1S/C11H17ClN4/c1-16(9-6-4-2-3-5-7-9)10-8-13-15-11(12)14-10/h8-9H,2-7H2,1H3. The first-order valence-corrected chi connectivity index (χ1v) is 6.23. The number of hydrogen-bond donors (Lipinski definition) is 0. The summed E-state index contributed by atoms with van der Waals surface area (Å²) in [5.74, 6) is 0.826. The molecule has 2 rings (SSSR count). The number of anilines is 1. The van der Waals surface area contributed by atoms with Crippen LogP contribution in [0.4, 0.5) is 5.82 Å². The van der Waals surface area contributed by atoms with Crippen LogP contribution in [0.25, 0.3) is 0 Å². The van der Waals surface area contributed by atoms with Gasteiger partial charge in [-0.2, -0.15) is 10.1 Å². The molecule has 1 heterocycles. The van der Waals surface area contributed by atoms with Gasteiger partial charge in [0.05, 0.1) is 6.20 Å². The Balaban J connectivity index is 2.07. The van der Waals surface area contributed by atoms with Crippen molar-refractivity contribution in [1.82, 2.24) is 15.2 Å². The van der Waals surface area contributed by atoms with E-state index >= 15 is 0 Å². The fourth-order valence-electron chi connectivity index (χ4n) is 2.28. The molecule has 0 aliphatic heterocycles. The Morgan fingerprint density at radius 2 is 1.94 bits per heavy atom. The highest BCUT2D eigenvalue weighted by molar-refractivity contribution is 6.28. The van der Waals surface area contributed by atoms with Crippen LogP contribution in [0.3, 0.4) is 0 Å². The van der Waals surface area contributed by atoms with Gasteiger partial charge in [0, 0.05) is 13.1 Å². The van der Waals surface area contributed by atoms with Gasteiger partial charge in [-0.15, -0.1) is 5.10 Å². The van der Waals surface area contributed by atoms with E-state index in [1.807, 2.05) is 0 Å². The molecule has 0 aromatic carbocycles. The molecular formula is C11H17ClN4. The van der Waals surface area contributed by atoms with Crippen molar-refractivity contribution < 1.29 is 0 Å². The van der Waals surface area contributed by atoms with Crippen molar-refractivity contribution in [3.8, 4) is 0 Å². The molecule has 1 aromatic heterocycles. The van der Waals surface area contributed by atoms with E-state index in [1.54, 1.807) is 6.20 Å². The lowest BCUT2D eigenvalue weighted by Gasteiger charge is -2.27. The Bertz CT molecular complexity index is 337. The van der Waals surface area contributed by atoms with Gasteiger partial charge in [-0.1, -0.05) is 25.7 Å². The highest BCUT2D eigenvalue weighted by atomic mass is 35.5. The molecule has 0 amide bonds. The van der Waals surface area contributed by atoms with Crippen molar-refractivity contribution in [2.24, 2.45) is 0 Å². The third-order valence-corrected chi connectivity index (χ3v) is 3.41. The smallest absolute Gasteiger partial charge is 0.244 e. The van der Waals surface area contributed by atoms with Crippen LogP contribution in [-0.2, 0) is 0 Å². The molecule has 0 bridgehead atoms. The van der Waals surface area contributed by atoms with Crippen LogP contribution in [0.2, 0.25) is 5.28 Å². The van der Waals surface area contributed by atoms with Crippen LogP contribution in [-0.4, -0.2) is 28.3 Å². The monoisotopic (exact) mass is 240 g/mol. The topological polar surface area (TPSA) is 41.9 Å². The summed E-state index contributed by atoms with van der Waals surface area (Å²) in [6, 6.07) is 0.565. The van der Waals surface area contributed by atoms with Crippen molar-refractivity contribution in [1.29, 1.82) is 0 Å². The Hall–Kier alpha value is -0.900. The fraction of sp³-hybridized carbons (Fsp3) is 0.727. The minimum absolute atomic E-state index is 0.220. The van der Waals surface area contributed by atoms with E-state index < -0.39 is 0 Å². The maximum absolute atomic E-state index is 5.75. The van der Waals surface area contributed by atoms with Gasteiger partial charge < -0.3 is 4.90 Å². The third-order valence-electron chi connectivity index (χ3n) is 3.25. The van der Waals surface area contributed by atoms with Crippen LogP contribution in [0, 0.1) is 0 Å². The molecule has 1 aromatic rings. The molecule has 0 N–H and O–H groups in total. The lowest BCUT2D eigenvalue weighted by atomic mass is 10.1. The molecule has 0 unspecified atom stereocenters. The number of aromatic nitrogens is 3. The Labute approximate surface area is 101 Å². The van der Waals surface area contributed by atoms with Crippen molar-refractivity contribution in [3.05, 3.63) is 11.5 Å². The summed E-state index contributed by atoms with van der Waals surface area (Å²) in [6.45, 7) is 0. The highest BCUT2D eigenvalue weighted by Crippen LogP contribution is 2.24. The first-order chi connectivity index (χ1) is 7.77. The zero-order valence-electron chi connectivity index (χ0n) is 9.56. The van der Waals surface area contributed by atoms with Crippen LogP contribution in [0.15, 0.2) is 6.20 Å². The summed E-state index contributed by atoms with van der Waals surface area (Å²) in [4.78, 5) is 6.38. The van der Waals surface area contributed by atoms with Crippen LogP contribution in [0.1, 0.15) is 38.5 Å². The molecule has 0 radical (unpaired) electrons. The Kier molecular flexibility index (Phi) is 3.93. The second-order valence-corrected chi connectivity index (χ2v) is 4.68. The van der Waals surface area contributed by atoms with Crippen LogP contribution >= 0.6 is 11.6 Å². The van der Waals surface area contributed by atoms with Gasteiger partial charge in [0.15, 0.2) is 5.82 Å². The summed E-state index contributed by atoms with van der Waals surface area (Å²) in [5.41, 5.74) is 0. The van der Waals surface area contributed by atoms with Gasteiger partial charge in [-0.25, -0.2) is 0 Å².